The van der Waals surface area contributed by atoms with Crippen molar-refractivity contribution in [1.29, 1.82) is 0 Å². The van der Waals surface area contributed by atoms with Gasteiger partial charge in [0.25, 0.3) is 0 Å². The van der Waals surface area contributed by atoms with E-state index in [1.165, 1.54) is 115 Å². The minimum Gasteiger partial charge on any atom is -0.348 e. The summed E-state index contributed by atoms with van der Waals surface area (Å²) < 4.78 is 4.95. The molecule has 5 unspecified atom stereocenters. The molecular formula is C112H76N8. The molecule has 5 atom stereocenters. The van der Waals surface area contributed by atoms with Gasteiger partial charge < -0.3 is 19.8 Å². The molecule has 0 saturated heterocycles. The first-order valence-electron chi connectivity index (χ1n) is 41.6. The third kappa shape index (κ3) is 10.9. The summed E-state index contributed by atoms with van der Waals surface area (Å²) in [6.45, 7) is 2.31. The molecule has 8 nitrogen and oxygen atoms in total. The predicted molar refractivity (Wildman–Crippen MR) is 497 cm³/mol. The summed E-state index contributed by atoms with van der Waals surface area (Å²) in [4.78, 5) is 21.8. The monoisotopic (exact) mass is 1530 g/mol. The van der Waals surface area contributed by atoms with Crippen molar-refractivity contribution in [3.05, 3.63) is 462 Å². The number of nitrogens with one attached hydrogen (secondary N) is 2. The second-order valence-corrected chi connectivity index (χ2v) is 32.3. The fourth-order valence-electron chi connectivity index (χ4n) is 20.2. The van der Waals surface area contributed by atoms with Crippen LogP contribution in [0.15, 0.2) is 426 Å². The maximum Gasteiger partial charge on any atom is 0.159 e. The Labute approximate surface area is 694 Å². The average Bonchev–Trinajstić information content (AvgIpc) is 1.50. The van der Waals surface area contributed by atoms with Crippen molar-refractivity contribution in [2.45, 2.75) is 24.7 Å². The van der Waals surface area contributed by atoms with Gasteiger partial charge in [0, 0.05) is 49.8 Å². The first kappa shape index (κ1) is 69.0. The van der Waals surface area contributed by atoms with Crippen LogP contribution < -0.4 is 10.6 Å². The molecule has 24 rings (SSSR count). The summed E-state index contributed by atoms with van der Waals surface area (Å²) in [5, 5.41) is 17.4. The lowest BCUT2D eigenvalue weighted by Gasteiger charge is -2.40. The van der Waals surface area contributed by atoms with Crippen LogP contribution in [0.1, 0.15) is 74.9 Å². The summed E-state index contributed by atoms with van der Waals surface area (Å²) in [5.74, 6) is 3.10. The second-order valence-electron chi connectivity index (χ2n) is 32.3. The van der Waals surface area contributed by atoms with Crippen LogP contribution in [0.2, 0.25) is 0 Å². The van der Waals surface area contributed by atoms with Crippen molar-refractivity contribution in [2.75, 3.05) is 0 Å². The standard InChI is InChI=1S/C112H76N8/c1-69-50-51-80(66-94(69)111-117-107(74-30-7-3-8-31-74)113-108(118-111)75-32-9-4-10-33-75)104-85-39-14-12-27-71(85)55-61-87(104)78-56-62-89-88-40-15-19-45-95(88)112(98(89)67-78)96-63-57-77(68-102(96)120-101-49-22-18-43-92(101)93-44-25-46-97(112)105(93)120)76-34-23-36-81(64-76)109-114-106(73-28-5-2-6-29-73)115-110(116-109)82-37-24-35-79(65-82)103-84-38-13-11-26-70(84)54-60-86(103)72-52-58-83(59-53-72)119-99-47-20-16-41-90(99)91-42-17-21-48-100(91)119/h2-69,94,107,110H,1H3,(H,113,117,118)(H,114,115,116). The van der Waals surface area contributed by atoms with Crippen LogP contribution in [-0.2, 0) is 5.41 Å². The second kappa shape index (κ2) is 27.7. The van der Waals surface area contributed by atoms with Gasteiger partial charge in [0.05, 0.1) is 33.2 Å². The zero-order chi connectivity index (χ0) is 79.1. The molecule has 120 heavy (non-hydrogen) atoms. The molecular weight excluding hydrogens is 1460 g/mol. The number of hydrogen-bond donors (Lipinski definition) is 2. The number of nitrogens with zero attached hydrogens (tertiary/aromatic N) is 6. The molecule has 2 aliphatic carbocycles. The largest absolute Gasteiger partial charge is 0.348 e. The Morgan fingerprint density at radius 2 is 0.833 bits per heavy atom. The van der Waals surface area contributed by atoms with Gasteiger partial charge in [0.2, 0.25) is 0 Å². The number of para-hydroxylation sites is 4. The number of allylic oxidation sites excluding steroid dienone is 3. The van der Waals surface area contributed by atoms with Crippen LogP contribution >= 0.6 is 0 Å². The Morgan fingerprint density at radius 1 is 0.317 bits per heavy atom. The van der Waals surface area contributed by atoms with Crippen LogP contribution in [-0.4, -0.2) is 32.5 Å². The van der Waals surface area contributed by atoms with Crippen molar-refractivity contribution in [3.63, 3.8) is 0 Å². The van der Waals surface area contributed by atoms with Crippen LogP contribution in [0.3, 0.4) is 0 Å². The van der Waals surface area contributed by atoms with E-state index in [0.717, 1.165) is 95.7 Å². The minimum absolute atomic E-state index is 0.0803. The van der Waals surface area contributed by atoms with E-state index in [-0.39, 0.29) is 18.0 Å². The lowest BCUT2D eigenvalue weighted by Crippen LogP contribution is -2.39. The fraction of sp³-hybridized carbons (Fsp3) is 0.0536. The topological polar surface area (TPSA) is 83.4 Å². The molecule has 5 heterocycles. The number of rotatable bonds is 12. The maximum atomic E-state index is 5.65. The molecule has 8 heteroatoms. The first-order valence-corrected chi connectivity index (χ1v) is 41.6. The van der Waals surface area contributed by atoms with E-state index in [2.05, 4.69) is 427 Å². The molecule has 2 aromatic heterocycles. The van der Waals surface area contributed by atoms with Gasteiger partial charge in [-0.3, -0.25) is 0 Å². The van der Waals surface area contributed by atoms with E-state index in [4.69, 9.17) is 20.0 Å². The molecule has 17 aromatic carbocycles. The van der Waals surface area contributed by atoms with Crippen molar-refractivity contribution in [1.82, 2.24) is 19.8 Å². The van der Waals surface area contributed by atoms with E-state index >= 15 is 0 Å². The molecule has 5 aliphatic rings. The van der Waals surface area contributed by atoms with Crippen molar-refractivity contribution in [2.24, 2.45) is 31.8 Å². The zero-order valence-corrected chi connectivity index (χ0v) is 65.7. The summed E-state index contributed by atoms with van der Waals surface area (Å²) in [6.07, 6.45) is 6.41. The van der Waals surface area contributed by atoms with Crippen LogP contribution in [0, 0.1) is 11.8 Å². The van der Waals surface area contributed by atoms with Crippen molar-refractivity contribution in [3.8, 4) is 67.0 Å². The molecule has 1 spiro atoms. The van der Waals surface area contributed by atoms with E-state index in [1.54, 1.807) is 0 Å². The molecule has 0 radical (unpaired) electrons. The summed E-state index contributed by atoms with van der Waals surface area (Å²) in [7, 11) is 0. The van der Waals surface area contributed by atoms with Crippen molar-refractivity contribution < 1.29 is 0 Å². The summed E-state index contributed by atoms with van der Waals surface area (Å²) in [5.41, 5.74) is 30.2. The third-order valence-corrected chi connectivity index (χ3v) is 25.7. The zero-order valence-electron chi connectivity index (χ0n) is 65.7. The molecule has 0 amide bonds. The van der Waals surface area contributed by atoms with Gasteiger partial charge >= 0.3 is 0 Å². The number of aliphatic imine (C=N–C) groups is 4. The Hall–Kier alpha value is -15.4. The molecule has 0 saturated carbocycles. The van der Waals surface area contributed by atoms with E-state index in [1.807, 2.05) is 6.07 Å². The van der Waals surface area contributed by atoms with E-state index in [9.17, 15) is 0 Å². The number of amidine groups is 4. The van der Waals surface area contributed by atoms with E-state index < -0.39 is 11.6 Å². The Morgan fingerprint density at radius 3 is 1.57 bits per heavy atom. The fourth-order valence-corrected chi connectivity index (χ4v) is 20.2. The smallest absolute Gasteiger partial charge is 0.159 e. The molecule has 564 valence electrons. The number of aromatic nitrogens is 2. The molecule has 3 aliphatic heterocycles. The minimum atomic E-state index is -0.740. The molecule has 0 bridgehead atoms. The van der Waals surface area contributed by atoms with Gasteiger partial charge in [-0.25, -0.2) is 20.0 Å². The highest BCUT2D eigenvalue weighted by molar-refractivity contribution is 6.17. The number of hydrogen-bond acceptors (Lipinski definition) is 6. The highest BCUT2D eigenvalue weighted by atomic mass is 15.2. The Balaban J connectivity index is 0.628. The average molecular weight is 1530 g/mol. The van der Waals surface area contributed by atoms with Gasteiger partial charge in [-0.05, 0) is 182 Å². The summed E-state index contributed by atoms with van der Waals surface area (Å²) >= 11 is 0. The third-order valence-electron chi connectivity index (χ3n) is 25.7. The van der Waals surface area contributed by atoms with Gasteiger partial charge in [-0.15, -0.1) is 0 Å². The lowest BCUT2D eigenvalue weighted by molar-refractivity contribution is 0.581. The highest BCUT2D eigenvalue weighted by Gasteiger charge is 2.51. The van der Waals surface area contributed by atoms with Gasteiger partial charge in [-0.1, -0.05) is 359 Å². The quantitative estimate of drug-likeness (QED) is 0.128. The lowest BCUT2D eigenvalue weighted by atomic mass is 9.65. The summed E-state index contributed by atoms with van der Waals surface area (Å²) in [6, 6.07) is 142. The Bertz CT molecular complexity index is 7630. The number of benzene rings is 17. The van der Waals surface area contributed by atoms with Gasteiger partial charge in [-0.2, -0.15) is 0 Å². The highest BCUT2D eigenvalue weighted by Crippen LogP contribution is 2.62. The molecule has 0 fully saturated rings. The van der Waals surface area contributed by atoms with Crippen molar-refractivity contribution >= 4 is 94.1 Å². The molecule has 19 aromatic rings. The Kier molecular flexibility index (Phi) is 15.9. The first-order chi connectivity index (χ1) is 59.4. The SMILES string of the molecule is CC1C=CC(c2c(-c3ccc4c(c3)C3(c5ccccc5-4)c4ccc(-c5cccc(C6=NC(c7cccc(-c8c(-c9ccc(-n%10c%11ccccc%11c%11ccccc%11%10)cc9)ccc9ccccc89)c7)NC(c7ccccc7)=N6)c5)cc4-n4c5ccccc5c5cccc3c54)ccc3ccccc23)=CC1C1=NC(c2ccccc2)=NC(c2ccccc2)N1. The van der Waals surface area contributed by atoms with Gasteiger partial charge in [0.1, 0.15) is 24.0 Å². The van der Waals surface area contributed by atoms with Gasteiger partial charge in [0.15, 0.2) is 11.7 Å². The van der Waals surface area contributed by atoms with Crippen LogP contribution in [0.5, 0.6) is 0 Å². The van der Waals surface area contributed by atoms with Crippen LogP contribution in [0.4, 0.5) is 0 Å². The number of fused-ring (bicyclic) bond motifs is 17. The maximum absolute atomic E-state index is 5.65. The molecule has 2 N–H and O–H groups in total. The normalized spacial score (nSPS) is 17.6. The van der Waals surface area contributed by atoms with Crippen LogP contribution in [0.25, 0.3) is 138 Å². The predicted octanol–water partition coefficient (Wildman–Crippen LogP) is 26.4. The van der Waals surface area contributed by atoms with E-state index in [0.29, 0.717) is 5.84 Å².